The fourth-order valence-electron chi connectivity index (χ4n) is 2.18. The molecule has 0 aromatic heterocycles. The van der Waals surface area contributed by atoms with Crippen LogP contribution in [0.4, 0.5) is 0 Å². The summed E-state index contributed by atoms with van der Waals surface area (Å²) in [7, 11) is 0. The number of benzene rings is 2. The molecule has 0 heterocycles. The third-order valence-corrected chi connectivity index (χ3v) is 3.60. The summed E-state index contributed by atoms with van der Waals surface area (Å²) >= 11 is 5.21. The second-order valence-corrected chi connectivity index (χ2v) is 4.95. The average molecular weight is 293 g/mol. The van der Waals surface area contributed by atoms with Crippen molar-refractivity contribution in [2.75, 3.05) is 0 Å². The molecule has 0 aliphatic heterocycles. The second-order valence-electron chi connectivity index (χ2n) is 4.57. The van der Waals surface area contributed by atoms with Gasteiger partial charge in [-0.25, -0.2) is 4.99 Å². The van der Waals surface area contributed by atoms with Gasteiger partial charge < -0.3 is 5.11 Å². The number of hydrogen-bond acceptors (Lipinski definition) is 3. The van der Waals surface area contributed by atoms with Gasteiger partial charge in [0.25, 0.3) is 0 Å². The van der Waals surface area contributed by atoms with Crippen LogP contribution in [0.15, 0.2) is 65.2 Å². The van der Waals surface area contributed by atoms with E-state index >= 15 is 0 Å². The smallest absolute Gasteiger partial charge is 0.199 e. The van der Waals surface area contributed by atoms with Crippen LogP contribution in [-0.4, -0.2) is 22.1 Å². The van der Waals surface area contributed by atoms with Crippen molar-refractivity contribution in [1.82, 2.24) is 0 Å². The minimum Gasteiger partial charge on any atom is -0.506 e. The maximum Gasteiger partial charge on any atom is 0.199 e. The van der Waals surface area contributed by atoms with Gasteiger partial charge in [-0.05, 0) is 0 Å². The number of carbonyl (C=O) groups is 1. The van der Waals surface area contributed by atoms with E-state index in [2.05, 4.69) is 4.99 Å². The van der Waals surface area contributed by atoms with Crippen molar-refractivity contribution < 1.29 is 9.90 Å². The Hall–Kier alpha value is -2.59. The lowest BCUT2D eigenvalue weighted by molar-refractivity contribution is 0.104. The van der Waals surface area contributed by atoms with Crippen molar-refractivity contribution in [3.05, 3.63) is 76.9 Å². The molecule has 0 amide bonds. The lowest BCUT2D eigenvalue weighted by atomic mass is 10.1. The highest BCUT2D eigenvalue weighted by Gasteiger charge is 2.27. The topological polar surface area (TPSA) is 49.7 Å². The Morgan fingerprint density at radius 3 is 2.29 bits per heavy atom. The Balaban J connectivity index is 1.90. The summed E-state index contributed by atoms with van der Waals surface area (Å²) in [5.74, 6) is -0.280. The lowest BCUT2D eigenvalue weighted by Crippen LogP contribution is -2.02. The molecule has 0 spiro atoms. The van der Waals surface area contributed by atoms with Crippen LogP contribution in [0.3, 0.4) is 0 Å². The molecule has 0 saturated carbocycles. The molecule has 0 bridgehead atoms. The fourth-order valence-corrected chi connectivity index (χ4v) is 2.37. The van der Waals surface area contributed by atoms with E-state index in [4.69, 9.17) is 12.2 Å². The number of Topliss-reactive ketones (excluding diaryl/α,β-unsaturated/α-hetero) is 1. The van der Waals surface area contributed by atoms with E-state index < -0.39 is 0 Å². The van der Waals surface area contributed by atoms with Crippen LogP contribution in [-0.2, 0) is 0 Å². The zero-order chi connectivity index (χ0) is 14.8. The predicted octanol–water partition coefficient (Wildman–Crippen LogP) is 3.60. The van der Waals surface area contributed by atoms with Gasteiger partial charge in [-0.1, -0.05) is 66.8 Å². The fraction of sp³-hybridized carbons (Fsp3) is 0. The second kappa shape index (κ2) is 5.42. The number of aliphatic imine (C=N–C) groups is 1. The van der Waals surface area contributed by atoms with Gasteiger partial charge in [-0.2, -0.15) is 0 Å². The zero-order valence-electron chi connectivity index (χ0n) is 11.0. The van der Waals surface area contributed by atoms with Crippen LogP contribution in [0.1, 0.15) is 21.5 Å². The minimum absolute atomic E-state index is 0.0461. The first-order valence-corrected chi connectivity index (χ1v) is 6.80. The van der Waals surface area contributed by atoms with Crippen LogP contribution < -0.4 is 0 Å². The molecule has 3 rings (SSSR count). The number of ketones is 1. The number of fused-ring (bicyclic) bond motifs is 1. The lowest BCUT2D eigenvalue weighted by Gasteiger charge is -1.97. The number of nitrogens with zero attached hydrogens (tertiary/aromatic N) is 1. The molecule has 2 aromatic rings. The van der Waals surface area contributed by atoms with Gasteiger partial charge in [0.15, 0.2) is 5.78 Å². The minimum atomic E-state index is -0.234. The van der Waals surface area contributed by atoms with Crippen LogP contribution in [0.25, 0.3) is 5.76 Å². The first-order chi connectivity index (χ1) is 10.2. The quantitative estimate of drug-likeness (QED) is 0.680. The zero-order valence-corrected chi connectivity index (χ0v) is 11.8. The Morgan fingerprint density at radius 1 is 1.00 bits per heavy atom. The van der Waals surface area contributed by atoms with Gasteiger partial charge in [0, 0.05) is 22.9 Å². The third kappa shape index (κ3) is 2.41. The van der Waals surface area contributed by atoms with E-state index in [1.54, 1.807) is 24.3 Å². The average Bonchev–Trinajstić information content (AvgIpc) is 2.78. The van der Waals surface area contributed by atoms with Crippen LogP contribution in [0.2, 0.25) is 0 Å². The number of carbonyl (C=O) groups excluding carboxylic acids is 1. The van der Waals surface area contributed by atoms with Crippen molar-refractivity contribution in [2.45, 2.75) is 0 Å². The van der Waals surface area contributed by atoms with Crippen LogP contribution in [0.5, 0.6) is 0 Å². The molecule has 21 heavy (non-hydrogen) atoms. The normalized spacial score (nSPS) is 13.8. The van der Waals surface area contributed by atoms with Crippen molar-refractivity contribution in [2.24, 2.45) is 4.99 Å². The molecule has 4 heteroatoms. The Kier molecular flexibility index (Phi) is 3.46. The molecular weight excluding hydrogens is 282 g/mol. The van der Waals surface area contributed by atoms with Gasteiger partial charge in [0.1, 0.15) is 10.7 Å². The maximum absolute atomic E-state index is 12.2. The van der Waals surface area contributed by atoms with Crippen molar-refractivity contribution >= 4 is 35.0 Å². The molecule has 0 fully saturated rings. The molecular formula is C17H11NO2S. The largest absolute Gasteiger partial charge is 0.506 e. The molecule has 2 aromatic carbocycles. The van der Waals surface area contributed by atoms with Crippen LogP contribution in [0, 0.1) is 0 Å². The molecule has 102 valence electrons. The summed E-state index contributed by atoms with van der Waals surface area (Å²) < 4.78 is 0. The van der Waals surface area contributed by atoms with Crippen molar-refractivity contribution in [3.63, 3.8) is 0 Å². The van der Waals surface area contributed by atoms with E-state index in [9.17, 15) is 9.90 Å². The molecule has 1 aliphatic carbocycles. The van der Waals surface area contributed by atoms with Gasteiger partial charge in [-0.3, -0.25) is 4.79 Å². The van der Waals surface area contributed by atoms with Gasteiger partial charge in [0.2, 0.25) is 0 Å². The highest BCUT2D eigenvalue weighted by atomic mass is 32.1. The van der Waals surface area contributed by atoms with Gasteiger partial charge in [0.05, 0.1) is 5.57 Å². The molecule has 1 aliphatic rings. The standard InChI is InChI=1S/C17H11NO2S/c19-15-12-8-4-5-9-13(12)16(20)14(15)10-18-17(21)11-6-2-1-3-7-11/h1-10,19H. The van der Waals surface area contributed by atoms with E-state index in [1.165, 1.54) is 6.21 Å². The summed E-state index contributed by atoms with van der Waals surface area (Å²) in [6.07, 6.45) is 1.34. The molecule has 0 atom stereocenters. The Bertz CT molecular complexity index is 791. The highest BCUT2D eigenvalue weighted by Crippen LogP contribution is 2.29. The van der Waals surface area contributed by atoms with E-state index in [-0.39, 0.29) is 17.1 Å². The first kappa shape index (κ1) is 13.4. The molecule has 0 radical (unpaired) electrons. The monoisotopic (exact) mass is 293 g/mol. The van der Waals surface area contributed by atoms with E-state index in [1.807, 2.05) is 30.3 Å². The maximum atomic E-state index is 12.2. The molecule has 3 nitrogen and oxygen atoms in total. The Morgan fingerprint density at radius 2 is 1.62 bits per heavy atom. The Labute approximate surface area is 127 Å². The van der Waals surface area contributed by atoms with Crippen molar-refractivity contribution in [3.8, 4) is 0 Å². The molecule has 0 unspecified atom stereocenters. The number of hydrogen-bond donors (Lipinski definition) is 1. The summed E-state index contributed by atoms with van der Waals surface area (Å²) in [5, 5.41) is 10.1. The number of aliphatic hydroxyl groups is 1. The summed E-state index contributed by atoms with van der Waals surface area (Å²) in [6, 6.07) is 16.2. The first-order valence-electron chi connectivity index (χ1n) is 6.39. The third-order valence-electron chi connectivity index (χ3n) is 3.26. The van der Waals surface area contributed by atoms with E-state index in [0.29, 0.717) is 16.1 Å². The number of rotatable bonds is 2. The number of aliphatic hydroxyl groups excluding tert-OH is 1. The molecule has 1 N–H and O–H groups in total. The van der Waals surface area contributed by atoms with Crippen molar-refractivity contribution in [1.29, 1.82) is 0 Å². The number of allylic oxidation sites excluding steroid dienone is 1. The molecule has 0 saturated heterocycles. The summed E-state index contributed by atoms with van der Waals surface area (Å²) in [5.41, 5.74) is 2.00. The SMILES string of the molecule is O=C1C(C=NC(=S)c2ccccc2)=C(O)c2ccccc21. The summed E-state index contributed by atoms with van der Waals surface area (Å²) in [4.78, 5) is 16.7. The van der Waals surface area contributed by atoms with E-state index in [0.717, 1.165) is 5.56 Å². The van der Waals surface area contributed by atoms with Gasteiger partial charge >= 0.3 is 0 Å². The number of thiocarbonyl (C=S) groups is 1. The highest BCUT2D eigenvalue weighted by molar-refractivity contribution is 7.80. The summed E-state index contributed by atoms with van der Waals surface area (Å²) in [6.45, 7) is 0. The predicted molar refractivity (Wildman–Crippen MR) is 87.0 cm³/mol. The van der Waals surface area contributed by atoms with Gasteiger partial charge in [-0.15, -0.1) is 0 Å². The van der Waals surface area contributed by atoms with Crippen LogP contribution >= 0.6 is 12.2 Å².